The maximum absolute atomic E-state index is 12.4. The van der Waals surface area contributed by atoms with Crippen LogP contribution in [0, 0.1) is 0 Å². The molecule has 0 atom stereocenters. The number of urea groups is 1. The average molecular weight is 428 g/mol. The molecule has 2 heterocycles. The lowest BCUT2D eigenvalue weighted by Crippen LogP contribution is -3.00. The summed E-state index contributed by atoms with van der Waals surface area (Å²) >= 11 is 0. The summed E-state index contributed by atoms with van der Waals surface area (Å²) in [7, 11) is 6.37. The van der Waals surface area contributed by atoms with Crippen molar-refractivity contribution in [1.82, 2.24) is 10.2 Å². The molecule has 2 aromatic rings. The quantitative estimate of drug-likeness (QED) is 0.680. The number of hydrogen-bond donors (Lipinski definition) is 1. The molecule has 3 rings (SSSR count). The van der Waals surface area contributed by atoms with Crippen molar-refractivity contribution in [2.75, 3.05) is 59.5 Å². The average Bonchev–Trinajstić information content (AvgIpc) is 3.21. The third kappa shape index (κ3) is 4.64. The minimum atomic E-state index is -0.288. The van der Waals surface area contributed by atoms with Crippen molar-refractivity contribution in [3.8, 4) is 17.2 Å². The molecule has 0 saturated carbocycles. The minimum Gasteiger partial charge on any atom is -1.00 e. The van der Waals surface area contributed by atoms with Gasteiger partial charge in [-0.3, -0.25) is 9.80 Å². The Labute approximate surface area is 178 Å². The number of anilines is 1. The van der Waals surface area contributed by atoms with Crippen LogP contribution in [0.1, 0.15) is 20.7 Å². The number of furan rings is 1. The van der Waals surface area contributed by atoms with Crippen molar-refractivity contribution in [3.63, 3.8) is 0 Å². The van der Waals surface area contributed by atoms with E-state index in [4.69, 9.17) is 18.6 Å². The summed E-state index contributed by atoms with van der Waals surface area (Å²) in [6.07, 6.45) is 5.30. The molecule has 1 aromatic heterocycles. The highest BCUT2D eigenvalue weighted by molar-refractivity contribution is 6.04. The summed E-state index contributed by atoms with van der Waals surface area (Å²) in [6.45, 7) is 3.46. The highest BCUT2D eigenvalue weighted by Crippen LogP contribution is 2.51. The van der Waals surface area contributed by atoms with Gasteiger partial charge in [0, 0.05) is 20.6 Å². The second kappa shape index (κ2) is 10.5. The molecule has 1 aliphatic rings. The van der Waals surface area contributed by atoms with E-state index in [0.717, 1.165) is 19.6 Å². The van der Waals surface area contributed by atoms with Crippen LogP contribution >= 0.6 is 0 Å². The molecule has 162 valence electrons. The molecular weight excluding hydrogens is 398 g/mol. The number of nitrogens with zero attached hydrogens (tertiary/aromatic N) is 2. The van der Waals surface area contributed by atoms with E-state index in [9.17, 15) is 4.79 Å². The molecule has 2 amide bonds. The number of methoxy groups -OCH3 is 2. The van der Waals surface area contributed by atoms with Gasteiger partial charge in [0.2, 0.25) is 5.75 Å². The molecular formula is C20H30ClN3O5. The first-order chi connectivity index (χ1) is 13.6. The molecule has 0 spiro atoms. The van der Waals surface area contributed by atoms with Crippen molar-refractivity contribution in [2.45, 2.75) is 19.3 Å². The number of rotatable bonds is 7. The van der Waals surface area contributed by atoms with E-state index < -0.39 is 0 Å². The van der Waals surface area contributed by atoms with Crippen molar-refractivity contribution in [2.24, 2.45) is 0 Å². The van der Waals surface area contributed by atoms with Gasteiger partial charge in [-0.25, -0.2) is 4.79 Å². The molecule has 0 bridgehead atoms. The van der Waals surface area contributed by atoms with E-state index in [1.165, 1.54) is 24.2 Å². The summed E-state index contributed by atoms with van der Waals surface area (Å²) in [4.78, 5) is 16.2. The van der Waals surface area contributed by atoms with Gasteiger partial charge in [0.05, 0.1) is 25.9 Å². The Hall–Kier alpha value is -2.32. The van der Waals surface area contributed by atoms with Crippen molar-refractivity contribution in [3.05, 3.63) is 12.3 Å². The smallest absolute Gasteiger partial charge is 1.00 e. The first-order valence-electron chi connectivity index (χ1n) is 9.58. The zero-order valence-corrected chi connectivity index (χ0v) is 18.2. The highest BCUT2D eigenvalue weighted by Gasteiger charge is 2.29. The number of carbonyl (C=O) groups is 1. The van der Waals surface area contributed by atoms with E-state index in [2.05, 4.69) is 10.2 Å². The second-order valence-electron chi connectivity index (χ2n) is 6.77. The van der Waals surface area contributed by atoms with Crippen LogP contribution in [0.3, 0.4) is 0 Å². The van der Waals surface area contributed by atoms with E-state index in [0.29, 0.717) is 40.5 Å². The number of hydrogen-bond acceptors (Lipinski definition) is 6. The Kier molecular flexibility index (Phi) is 8.28. The molecule has 0 aliphatic carbocycles. The summed E-state index contributed by atoms with van der Waals surface area (Å²) in [6, 6.07) is 1.50. The fraction of sp³-hybridized carbons (Fsp3) is 0.550. The first kappa shape index (κ1) is 23.0. The number of amides is 2. The monoisotopic (exact) mass is 427 g/mol. The van der Waals surface area contributed by atoms with Gasteiger partial charge in [0.1, 0.15) is 12.3 Å². The molecule has 8 nitrogen and oxygen atoms in total. The zero-order valence-electron chi connectivity index (χ0n) is 18.4. The number of nitrogens with one attached hydrogen (secondary N) is 1. The maximum Gasteiger partial charge on any atom is 1.00 e. The number of piperidine rings is 1. The number of likely N-dealkylation sites (tertiary alicyclic amines) is 1. The van der Waals surface area contributed by atoms with E-state index in [1.54, 1.807) is 40.6 Å². The Bertz CT molecular complexity index is 826. The summed E-state index contributed by atoms with van der Waals surface area (Å²) < 4.78 is 23.1. The fourth-order valence-electron chi connectivity index (χ4n) is 3.66. The van der Waals surface area contributed by atoms with Gasteiger partial charge in [0.25, 0.3) is 0 Å². The lowest BCUT2D eigenvalue weighted by atomic mass is 10.1. The van der Waals surface area contributed by atoms with Gasteiger partial charge in [0.15, 0.2) is 17.1 Å². The van der Waals surface area contributed by atoms with Crippen LogP contribution in [-0.2, 0) is 0 Å². The third-order valence-corrected chi connectivity index (χ3v) is 5.12. The fourth-order valence-corrected chi connectivity index (χ4v) is 3.66. The first-order valence-corrected chi connectivity index (χ1v) is 9.58. The molecule has 1 N–H and O–H groups in total. The van der Waals surface area contributed by atoms with Crippen molar-refractivity contribution < 1.29 is 37.3 Å². The molecule has 1 aromatic carbocycles. The summed E-state index contributed by atoms with van der Waals surface area (Å²) in [5, 5.41) is 3.35. The van der Waals surface area contributed by atoms with Crippen LogP contribution in [0.4, 0.5) is 10.5 Å². The van der Waals surface area contributed by atoms with Crippen LogP contribution < -0.4 is 36.8 Å². The largest absolute Gasteiger partial charge is 1.00 e. The van der Waals surface area contributed by atoms with Gasteiger partial charge in [-0.15, -0.1) is 0 Å². The van der Waals surface area contributed by atoms with Gasteiger partial charge in [-0.05, 0) is 32.0 Å². The van der Waals surface area contributed by atoms with Gasteiger partial charge in [-0.1, -0.05) is 6.42 Å². The molecule has 9 heteroatoms. The van der Waals surface area contributed by atoms with E-state index in [1.807, 2.05) is 0 Å². The summed E-state index contributed by atoms with van der Waals surface area (Å²) in [5.41, 5.74) is 1.03. The van der Waals surface area contributed by atoms with Crippen LogP contribution in [0.25, 0.3) is 11.0 Å². The summed E-state index contributed by atoms with van der Waals surface area (Å²) in [5.74, 6) is 1.39. The minimum absolute atomic E-state index is 0. The highest BCUT2D eigenvalue weighted by atomic mass is 35.5. The Morgan fingerprint density at radius 2 is 1.90 bits per heavy atom. The second-order valence-corrected chi connectivity index (χ2v) is 6.77. The lowest BCUT2D eigenvalue weighted by molar-refractivity contribution is -0.00000998. The normalized spacial score (nSPS) is 14.2. The molecule has 29 heavy (non-hydrogen) atoms. The number of halogens is 1. The number of carbonyl (C=O) groups excluding carboxylic acids is 1. The molecule has 1 aliphatic heterocycles. The number of benzene rings is 1. The van der Waals surface area contributed by atoms with Crippen molar-refractivity contribution in [1.29, 1.82) is 0 Å². The molecule has 0 radical (unpaired) electrons. The number of fused-ring (bicyclic) bond motifs is 1. The van der Waals surface area contributed by atoms with Crippen LogP contribution in [0.5, 0.6) is 17.2 Å². The van der Waals surface area contributed by atoms with Gasteiger partial charge >= 0.3 is 7.46 Å². The third-order valence-electron chi connectivity index (χ3n) is 5.12. The van der Waals surface area contributed by atoms with Crippen LogP contribution in [-0.4, -0.2) is 65.5 Å². The predicted molar refractivity (Wildman–Crippen MR) is 109 cm³/mol. The Morgan fingerprint density at radius 1 is 1.21 bits per heavy atom. The van der Waals surface area contributed by atoms with Crippen molar-refractivity contribution >= 4 is 22.7 Å². The standard InChI is InChI=1S/C20H29N3O5.ClH/c1-21-20(24)22(2)15-16(25-3)14-8-12-27-17(14)19(26-4)18(15)28-13-11-23-9-6-5-7-10-23;/h8,12H,5-7,9-11,13H2,1-4H3,(H,21,24);1H. The predicted octanol–water partition coefficient (Wildman–Crippen LogP) is 0.207. The van der Waals surface area contributed by atoms with Crippen LogP contribution in [0.15, 0.2) is 16.7 Å². The molecule has 1 saturated heterocycles. The van der Waals surface area contributed by atoms with E-state index in [-0.39, 0.29) is 19.9 Å². The Morgan fingerprint density at radius 3 is 2.52 bits per heavy atom. The zero-order chi connectivity index (χ0) is 20.1. The van der Waals surface area contributed by atoms with E-state index >= 15 is 0 Å². The molecule has 1 fully saturated rings. The molecule has 0 unspecified atom stereocenters. The van der Waals surface area contributed by atoms with Gasteiger partial charge < -0.3 is 36.4 Å². The van der Waals surface area contributed by atoms with Gasteiger partial charge in [-0.2, -0.15) is 0 Å². The Balaban J connectivity index is 0.00000225. The van der Waals surface area contributed by atoms with Crippen LogP contribution in [0.2, 0.25) is 0 Å². The lowest BCUT2D eigenvalue weighted by Gasteiger charge is -2.28. The SMILES string of the molecule is CNC(=O)N(C)c1c(OCCN2CCCCC2)c(OC)c2occc2c1OC.[Cl-].[H+]. The number of ether oxygens (including phenoxy) is 3. The topological polar surface area (TPSA) is 76.4 Å². The maximum atomic E-state index is 12.4.